The third-order valence-corrected chi connectivity index (χ3v) is 4.27. The van der Waals surface area contributed by atoms with E-state index in [0.717, 1.165) is 5.69 Å². The van der Waals surface area contributed by atoms with Crippen molar-refractivity contribution in [2.45, 2.75) is 52.7 Å². The van der Waals surface area contributed by atoms with Crippen LogP contribution < -0.4 is 10.9 Å². The molecule has 0 radical (unpaired) electrons. The number of amides is 1. The van der Waals surface area contributed by atoms with Gasteiger partial charge in [-0.3, -0.25) is 19.1 Å². The lowest BCUT2D eigenvalue weighted by Crippen LogP contribution is -2.30. The van der Waals surface area contributed by atoms with Crippen molar-refractivity contribution in [1.82, 2.24) is 29.6 Å². The molecule has 3 aromatic rings. The molecule has 8 nitrogen and oxygen atoms in total. The maximum absolute atomic E-state index is 12.8. The highest BCUT2D eigenvalue weighted by Crippen LogP contribution is 2.18. The van der Waals surface area contributed by atoms with E-state index >= 15 is 0 Å². The molecule has 3 heterocycles. The Bertz CT molecular complexity index is 1010. The first-order valence-electron chi connectivity index (χ1n) is 8.89. The minimum absolute atomic E-state index is 0.141. The molecule has 0 aromatic carbocycles. The largest absolute Gasteiger partial charge is 0.350 e. The molecule has 0 aliphatic rings. The summed E-state index contributed by atoms with van der Waals surface area (Å²) < 4.78 is 3.28. The second-order valence-corrected chi connectivity index (χ2v) is 7.43. The molecule has 3 aromatic heterocycles. The lowest BCUT2D eigenvalue weighted by molar-refractivity contribution is -0.121. The zero-order chi connectivity index (χ0) is 19.6. The first kappa shape index (κ1) is 18.8. The molecule has 1 N–H and O–H groups in total. The van der Waals surface area contributed by atoms with Gasteiger partial charge in [-0.2, -0.15) is 5.10 Å². The molecule has 0 unspecified atom stereocenters. The van der Waals surface area contributed by atoms with Gasteiger partial charge in [-0.25, -0.2) is 9.67 Å². The van der Waals surface area contributed by atoms with E-state index in [-0.39, 0.29) is 30.0 Å². The average molecular weight is 368 g/mol. The first-order valence-corrected chi connectivity index (χ1v) is 8.89. The molecule has 0 aliphatic heterocycles. The van der Waals surface area contributed by atoms with E-state index < -0.39 is 0 Å². The van der Waals surface area contributed by atoms with Crippen molar-refractivity contribution in [3.8, 4) is 0 Å². The second kappa shape index (κ2) is 7.30. The molecule has 0 saturated heterocycles. The standard InChI is InChI=1S/C19H24N6O2/c1-13-23-17-15(12-22-25(17)19(2,3)4)18(27)24(13)10-8-16(26)21-11-14-7-5-6-9-20-14/h5-7,9,12H,8,10-11H2,1-4H3,(H,21,26). The topological polar surface area (TPSA) is 94.7 Å². The Morgan fingerprint density at radius 2 is 2.04 bits per heavy atom. The molecule has 142 valence electrons. The van der Waals surface area contributed by atoms with Gasteiger partial charge >= 0.3 is 0 Å². The van der Waals surface area contributed by atoms with Gasteiger partial charge in [0.15, 0.2) is 5.65 Å². The van der Waals surface area contributed by atoms with Gasteiger partial charge in [0.05, 0.1) is 24.0 Å². The van der Waals surface area contributed by atoms with Crippen LogP contribution in [0.4, 0.5) is 0 Å². The number of fused-ring (bicyclic) bond motifs is 1. The number of pyridine rings is 1. The maximum atomic E-state index is 12.8. The molecular formula is C19H24N6O2. The fraction of sp³-hybridized carbons (Fsp3) is 0.421. The smallest absolute Gasteiger partial charge is 0.264 e. The summed E-state index contributed by atoms with van der Waals surface area (Å²) in [6, 6.07) is 5.54. The van der Waals surface area contributed by atoms with Crippen LogP contribution in [0.25, 0.3) is 11.0 Å². The number of rotatable bonds is 5. The minimum atomic E-state index is -0.273. The number of hydrogen-bond acceptors (Lipinski definition) is 5. The van der Waals surface area contributed by atoms with Gasteiger partial charge < -0.3 is 5.32 Å². The van der Waals surface area contributed by atoms with E-state index in [1.807, 2.05) is 39.0 Å². The molecule has 0 bridgehead atoms. The highest BCUT2D eigenvalue weighted by molar-refractivity contribution is 5.76. The fourth-order valence-corrected chi connectivity index (χ4v) is 2.85. The fourth-order valence-electron chi connectivity index (χ4n) is 2.85. The van der Waals surface area contributed by atoms with Crippen molar-refractivity contribution in [2.24, 2.45) is 0 Å². The Kier molecular flexibility index (Phi) is 5.07. The van der Waals surface area contributed by atoms with Gasteiger partial charge in [0.2, 0.25) is 5.91 Å². The first-order chi connectivity index (χ1) is 12.8. The van der Waals surface area contributed by atoms with Crippen LogP contribution in [-0.2, 0) is 23.4 Å². The van der Waals surface area contributed by atoms with Crippen LogP contribution in [-0.4, -0.2) is 30.2 Å². The summed E-state index contributed by atoms with van der Waals surface area (Å²) >= 11 is 0. The predicted molar refractivity (Wildman–Crippen MR) is 102 cm³/mol. The van der Waals surface area contributed by atoms with Crippen molar-refractivity contribution in [2.75, 3.05) is 0 Å². The van der Waals surface area contributed by atoms with Crippen molar-refractivity contribution in [1.29, 1.82) is 0 Å². The van der Waals surface area contributed by atoms with Gasteiger partial charge in [0.1, 0.15) is 11.2 Å². The zero-order valence-corrected chi connectivity index (χ0v) is 16.1. The summed E-state index contributed by atoms with van der Waals surface area (Å²) in [6.45, 7) is 8.42. The Hall–Kier alpha value is -3.03. The third-order valence-electron chi connectivity index (χ3n) is 4.27. The third kappa shape index (κ3) is 4.05. The van der Waals surface area contributed by atoms with Crippen LogP contribution in [0.5, 0.6) is 0 Å². The molecule has 0 atom stereocenters. The quantitative estimate of drug-likeness (QED) is 0.740. The van der Waals surface area contributed by atoms with Gasteiger partial charge in [0.25, 0.3) is 5.56 Å². The Balaban J connectivity index is 1.73. The summed E-state index contributed by atoms with van der Waals surface area (Å²) in [5, 5.41) is 7.60. The van der Waals surface area contributed by atoms with Gasteiger partial charge in [-0.1, -0.05) is 6.07 Å². The van der Waals surface area contributed by atoms with Crippen molar-refractivity contribution < 1.29 is 4.79 Å². The molecule has 0 aliphatic carbocycles. The lowest BCUT2D eigenvalue weighted by atomic mass is 10.1. The molecule has 0 spiro atoms. The molecule has 1 amide bonds. The van der Waals surface area contributed by atoms with Gasteiger partial charge in [-0.15, -0.1) is 0 Å². The van der Waals surface area contributed by atoms with E-state index in [2.05, 4.69) is 20.4 Å². The number of carbonyl (C=O) groups is 1. The maximum Gasteiger partial charge on any atom is 0.264 e. The molecular weight excluding hydrogens is 344 g/mol. The van der Waals surface area contributed by atoms with Crippen LogP contribution in [0.3, 0.4) is 0 Å². The van der Waals surface area contributed by atoms with Gasteiger partial charge in [-0.05, 0) is 39.8 Å². The SMILES string of the molecule is Cc1nc2c(cnn2C(C)(C)C)c(=O)n1CCC(=O)NCc1ccccn1. The van der Waals surface area contributed by atoms with E-state index in [0.29, 0.717) is 23.4 Å². The minimum Gasteiger partial charge on any atom is -0.350 e. The molecule has 8 heteroatoms. The summed E-state index contributed by atoms with van der Waals surface area (Å²) in [5.74, 6) is 0.425. The van der Waals surface area contributed by atoms with Crippen molar-refractivity contribution >= 4 is 16.9 Å². The zero-order valence-electron chi connectivity index (χ0n) is 16.1. The van der Waals surface area contributed by atoms with Crippen molar-refractivity contribution in [3.05, 3.63) is 52.5 Å². The number of aryl methyl sites for hydroxylation is 1. The molecule has 27 heavy (non-hydrogen) atoms. The monoisotopic (exact) mass is 368 g/mol. The van der Waals surface area contributed by atoms with Crippen LogP contribution >= 0.6 is 0 Å². The Morgan fingerprint density at radius 3 is 2.70 bits per heavy atom. The average Bonchev–Trinajstić information content (AvgIpc) is 3.05. The summed E-state index contributed by atoms with van der Waals surface area (Å²) in [4.78, 5) is 33.7. The van der Waals surface area contributed by atoms with Gasteiger partial charge in [0, 0.05) is 19.2 Å². The molecule has 3 rings (SSSR count). The normalized spacial score (nSPS) is 11.7. The predicted octanol–water partition coefficient (Wildman–Crippen LogP) is 1.76. The van der Waals surface area contributed by atoms with Crippen LogP contribution in [0.2, 0.25) is 0 Å². The molecule has 0 fully saturated rings. The summed E-state index contributed by atoms with van der Waals surface area (Å²) in [6.07, 6.45) is 3.42. The number of nitrogens with zero attached hydrogens (tertiary/aromatic N) is 5. The Labute approximate surface area is 157 Å². The number of nitrogens with one attached hydrogen (secondary N) is 1. The van der Waals surface area contributed by atoms with Crippen LogP contribution in [0, 0.1) is 6.92 Å². The highest BCUT2D eigenvalue weighted by Gasteiger charge is 2.21. The van der Waals surface area contributed by atoms with E-state index in [1.165, 1.54) is 4.57 Å². The van der Waals surface area contributed by atoms with E-state index in [1.54, 1.807) is 24.0 Å². The molecule has 0 saturated carbocycles. The lowest BCUT2D eigenvalue weighted by Gasteiger charge is -2.20. The second-order valence-electron chi connectivity index (χ2n) is 7.43. The number of hydrogen-bond donors (Lipinski definition) is 1. The highest BCUT2D eigenvalue weighted by atomic mass is 16.2. The number of carbonyl (C=O) groups excluding carboxylic acids is 1. The number of aromatic nitrogens is 5. The van der Waals surface area contributed by atoms with Crippen LogP contribution in [0.1, 0.15) is 38.7 Å². The van der Waals surface area contributed by atoms with E-state index in [9.17, 15) is 9.59 Å². The summed E-state index contributed by atoms with van der Waals surface area (Å²) in [5.41, 5.74) is 0.911. The Morgan fingerprint density at radius 1 is 1.26 bits per heavy atom. The summed E-state index contributed by atoms with van der Waals surface area (Å²) in [7, 11) is 0. The van der Waals surface area contributed by atoms with Crippen LogP contribution in [0.15, 0.2) is 35.4 Å². The van der Waals surface area contributed by atoms with Crippen molar-refractivity contribution in [3.63, 3.8) is 0 Å². The van der Waals surface area contributed by atoms with E-state index in [4.69, 9.17) is 0 Å².